The zero-order chi connectivity index (χ0) is 22.4. The number of carbonyl (C=O) groups is 1. The van der Waals surface area contributed by atoms with Crippen molar-refractivity contribution >= 4 is 11.6 Å². The van der Waals surface area contributed by atoms with E-state index in [1.54, 1.807) is 17.0 Å². The number of benzene rings is 2. The summed E-state index contributed by atoms with van der Waals surface area (Å²) in [4.78, 5) is 14.2. The summed E-state index contributed by atoms with van der Waals surface area (Å²) in [6, 6.07) is 11.9. The highest BCUT2D eigenvalue weighted by atomic mass is 19.3. The molecule has 0 atom stereocenters. The van der Waals surface area contributed by atoms with Gasteiger partial charge in [0.15, 0.2) is 0 Å². The van der Waals surface area contributed by atoms with Crippen LogP contribution in [-0.2, 0) is 23.7 Å². The maximum Gasteiger partial charge on any atom is 0.275 e. The third-order valence-corrected chi connectivity index (χ3v) is 5.50. The van der Waals surface area contributed by atoms with Crippen LogP contribution in [0.3, 0.4) is 0 Å². The van der Waals surface area contributed by atoms with Crippen LogP contribution in [0.15, 0.2) is 42.5 Å². The maximum absolute atomic E-state index is 14.1. The van der Waals surface area contributed by atoms with Crippen molar-refractivity contribution in [3.8, 4) is 5.75 Å². The second-order valence-electron chi connectivity index (χ2n) is 8.10. The van der Waals surface area contributed by atoms with Crippen molar-refractivity contribution < 1.29 is 23.4 Å². The molecular formula is C24H30F2N2O3. The highest BCUT2D eigenvalue weighted by Gasteiger charge is 2.35. The fourth-order valence-electron chi connectivity index (χ4n) is 3.54. The fourth-order valence-corrected chi connectivity index (χ4v) is 3.54. The summed E-state index contributed by atoms with van der Waals surface area (Å²) in [6.07, 6.45) is 1.38. The van der Waals surface area contributed by atoms with Crippen LogP contribution in [-0.4, -0.2) is 37.3 Å². The molecule has 0 spiro atoms. The largest absolute Gasteiger partial charge is 0.489 e. The first-order chi connectivity index (χ1) is 14.8. The number of hydrogen-bond donors (Lipinski definition) is 2. The molecule has 0 saturated heterocycles. The molecule has 1 amide bonds. The van der Waals surface area contributed by atoms with E-state index < -0.39 is 11.8 Å². The molecule has 0 aromatic heterocycles. The number of ether oxygens (including phenoxy) is 1. The predicted octanol–water partition coefficient (Wildman–Crippen LogP) is 3.87. The van der Waals surface area contributed by atoms with Crippen LogP contribution in [0, 0.1) is 5.92 Å². The lowest BCUT2D eigenvalue weighted by atomic mass is 9.97. The van der Waals surface area contributed by atoms with E-state index in [9.17, 15) is 13.6 Å². The molecule has 2 aromatic rings. The molecule has 1 aliphatic heterocycles. The van der Waals surface area contributed by atoms with E-state index in [0.29, 0.717) is 25.3 Å². The van der Waals surface area contributed by atoms with Crippen LogP contribution in [0.25, 0.3) is 0 Å². The number of rotatable bonds is 10. The average molecular weight is 433 g/mol. The van der Waals surface area contributed by atoms with E-state index in [1.807, 2.05) is 18.2 Å². The van der Waals surface area contributed by atoms with Crippen LogP contribution in [0.2, 0.25) is 0 Å². The minimum atomic E-state index is -2.85. The van der Waals surface area contributed by atoms with Crippen molar-refractivity contribution in [3.63, 3.8) is 0 Å². The summed E-state index contributed by atoms with van der Waals surface area (Å²) in [7, 11) is 0. The minimum absolute atomic E-state index is 0.00338. The van der Waals surface area contributed by atoms with Crippen molar-refractivity contribution in [1.29, 1.82) is 0 Å². The maximum atomic E-state index is 14.1. The molecule has 2 aromatic carbocycles. The Kier molecular flexibility index (Phi) is 7.62. The number of aliphatic hydroxyl groups excluding tert-OH is 1. The van der Waals surface area contributed by atoms with Gasteiger partial charge in [-0.25, -0.2) is 8.78 Å². The third kappa shape index (κ3) is 5.60. The Morgan fingerprint density at radius 2 is 1.97 bits per heavy atom. The van der Waals surface area contributed by atoms with Gasteiger partial charge >= 0.3 is 0 Å². The summed E-state index contributed by atoms with van der Waals surface area (Å²) in [5.74, 6) is -2.92. The second kappa shape index (κ2) is 10.2. The van der Waals surface area contributed by atoms with Crippen LogP contribution in [0.1, 0.15) is 37.0 Å². The molecule has 3 rings (SSSR count). The van der Waals surface area contributed by atoms with E-state index in [0.717, 1.165) is 23.2 Å². The quantitative estimate of drug-likeness (QED) is 0.560. The Morgan fingerprint density at radius 3 is 2.65 bits per heavy atom. The van der Waals surface area contributed by atoms with Gasteiger partial charge in [-0.3, -0.25) is 4.79 Å². The monoisotopic (exact) mass is 432 g/mol. The van der Waals surface area contributed by atoms with Gasteiger partial charge in [-0.15, -0.1) is 0 Å². The first kappa shape index (κ1) is 23.2. The Bertz CT molecular complexity index is 885. The van der Waals surface area contributed by atoms with E-state index in [-0.39, 0.29) is 31.2 Å². The molecule has 31 heavy (non-hydrogen) atoms. The van der Waals surface area contributed by atoms with Gasteiger partial charge in [0.2, 0.25) is 5.91 Å². The van der Waals surface area contributed by atoms with Crippen molar-refractivity contribution in [3.05, 3.63) is 59.2 Å². The minimum Gasteiger partial charge on any atom is -0.489 e. The molecule has 168 valence electrons. The van der Waals surface area contributed by atoms with Crippen molar-refractivity contribution in [1.82, 2.24) is 5.32 Å². The lowest BCUT2D eigenvalue weighted by Crippen LogP contribution is -2.37. The van der Waals surface area contributed by atoms with Crippen molar-refractivity contribution in [2.45, 2.75) is 39.2 Å². The fraction of sp³-hybridized carbons (Fsp3) is 0.458. The highest BCUT2D eigenvalue weighted by Crippen LogP contribution is 2.36. The number of anilines is 1. The van der Waals surface area contributed by atoms with Gasteiger partial charge in [0, 0.05) is 30.3 Å². The van der Waals surface area contributed by atoms with Crippen LogP contribution < -0.4 is 15.0 Å². The smallest absolute Gasteiger partial charge is 0.275 e. The summed E-state index contributed by atoms with van der Waals surface area (Å²) in [6.45, 7) is 4.87. The zero-order valence-corrected chi connectivity index (χ0v) is 18.0. The van der Waals surface area contributed by atoms with Gasteiger partial charge in [-0.2, -0.15) is 0 Å². The highest BCUT2D eigenvalue weighted by molar-refractivity contribution is 5.96. The summed E-state index contributed by atoms with van der Waals surface area (Å²) in [5, 5.41) is 11.8. The van der Waals surface area contributed by atoms with Crippen molar-refractivity contribution in [2.75, 3.05) is 31.1 Å². The second-order valence-corrected chi connectivity index (χ2v) is 8.10. The number of carbonyl (C=O) groups excluding carboxylic acids is 1. The van der Waals surface area contributed by atoms with Gasteiger partial charge < -0.3 is 20.1 Å². The number of fused-ring (bicyclic) bond motifs is 1. The van der Waals surface area contributed by atoms with E-state index in [2.05, 4.69) is 5.32 Å². The Hall–Kier alpha value is -2.51. The molecule has 7 heteroatoms. The zero-order valence-electron chi connectivity index (χ0n) is 18.0. The normalized spacial score (nSPS) is 13.5. The summed E-state index contributed by atoms with van der Waals surface area (Å²) >= 11 is 0. The lowest BCUT2D eigenvalue weighted by molar-refractivity contribution is -0.117. The molecule has 0 aliphatic carbocycles. The number of amides is 1. The van der Waals surface area contributed by atoms with Crippen LogP contribution in [0.4, 0.5) is 14.5 Å². The van der Waals surface area contributed by atoms with Crippen LogP contribution >= 0.6 is 0 Å². The third-order valence-electron chi connectivity index (χ3n) is 5.50. The van der Waals surface area contributed by atoms with Gasteiger partial charge in [0.25, 0.3) is 5.92 Å². The molecule has 5 nitrogen and oxygen atoms in total. The Balaban J connectivity index is 1.57. The molecule has 0 saturated carbocycles. The first-order valence-corrected chi connectivity index (χ1v) is 10.7. The standard InChI is InChI=1S/C24H30F2N2O3/c1-17(2)24(25,26)20-6-4-18(5-7-20)16-31-21-8-9-22-19(14-21)10-12-28(22)23(30)15-27-11-3-13-29/h4-9,14,17,27,29H,3,10-13,15-16H2,1-2H3. The predicted molar refractivity (Wildman–Crippen MR) is 117 cm³/mol. The van der Waals surface area contributed by atoms with E-state index in [4.69, 9.17) is 9.84 Å². The molecule has 2 N–H and O–H groups in total. The molecule has 0 bridgehead atoms. The molecule has 0 fully saturated rings. The number of aliphatic hydroxyl groups is 1. The average Bonchev–Trinajstić information content (AvgIpc) is 3.18. The summed E-state index contributed by atoms with van der Waals surface area (Å²) < 4.78 is 34.1. The van der Waals surface area contributed by atoms with Gasteiger partial charge in [-0.05, 0) is 48.7 Å². The van der Waals surface area contributed by atoms with E-state index in [1.165, 1.54) is 26.0 Å². The van der Waals surface area contributed by atoms with Crippen molar-refractivity contribution in [2.24, 2.45) is 5.92 Å². The first-order valence-electron chi connectivity index (χ1n) is 10.7. The number of nitrogens with one attached hydrogen (secondary N) is 1. The summed E-state index contributed by atoms with van der Waals surface area (Å²) in [5.41, 5.74) is 2.77. The molecule has 0 radical (unpaired) electrons. The molecule has 1 aliphatic rings. The molecular weight excluding hydrogens is 402 g/mol. The van der Waals surface area contributed by atoms with Gasteiger partial charge in [0.05, 0.1) is 6.54 Å². The topological polar surface area (TPSA) is 61.8 Å². The number of halogens is 2. The Morgan fingerprint density at radius 1 is 1.23 bits per heavy atom. The number of nitrogens with zero attached hydrogens (tertiary/aromatic N) is 1. The molecule has 0 unspecified atom stereocenters. The number of hydrogen-bond acceptors (Lipinski definition) is 4. The SMILES string of the molecule is CC(C)C(F)(F)c1ccc(COc2ccc3c(c2)CCN3C(=O)CNCCCO)cc1. The van der Waals surface area contributed by atoms with Crippen LogP contribution in [0.5, 0.6) is 5.75 Å². The van der Waals surface area contributed by atoms with E-state index >= 15 is 0 Å². The molecule has 1 heterocycles. The van der Waals surface area contributed by atoms with Gasteiger partial charge in [-0.1, -0.05) is 38.1 Å². The lowest BCUT2D eigenvalue weighted by Gasteiger charge is -2.21. The number of alkyl halides is 2. The Labute approximate surface area is 182 Å². The van der Waals surface area contributed by atoms with Gasteiger partial charge in [0.1, 0.15) is 12.4 Å².